The van der Waals surface area contributed by atoms with Gasteiger partial charge in [-0.1, -0.05) is 34.6 Å². The van der Waals surface area contributed by atoms with Gasteiger partial charge in [0.25, 0.3) is 5.91 Å². The number of aryl methyl sites for hydroxylation is 2. The molecule has 1 N–H and O–H groups in total. The van der Waals surface area contributed by atoms with Gasteiger partial charge in [-0.2, -0.15) is 0 Å². The van der Waals surface area contributed by atoms with Crippen molar-refractivity contribution in [3.8, 4) is 0 Å². The van der Waals surface area contributed by atoms with Crippen LogP contribution in [0.3, 0.4) is 0 Å². The minimum Gasteiger partial charge on any atom is -0.361 e. The van der Waals surface area contributed by atoms with Crippen molar-refractivity contribution in [3.05, 3.63) is 70.2 Å². The summed E-state index contributed by atoms with van der Waals surface area (Å²) in [7, 11) is 0. The fourth-order valence-electron chi connectivity index (χ4n) is 2.23. The zero-order chi connectivity index (χ0) is 17.8. The van der Waals surface area contributed by atoms with E-state index in [4.69, 9.17) is 16.1 Å². The lowest BCUT2D eigenvalue weighted by Gasteiger charge is -2.11. The molecule has 128 valence electrons. The van der Waals surface area contributed by atoms with Gasteiger partial charge in [0.05, 0.1) is 11.3 Å². The number of pyridine rings is 1. The SMILES string of the molecule is Cc1cc(CSc2ncccc2C(=O)Nc2cc(Cl)ccc2C)no1. The van der Waals surface area contributed by atoms with E-state index in [0.29, 0.717) is 27.1 Å². The number of halogens is 1. The highest BCUT2D eigenvalue weighted by molar-refractivity contribution is 7.98. The van der Waals surface area contributed by atoms with Crippen molar-refractivity contribution in [2.24, 2.45) is 0 Å². The second-order valence-electron chi connectivity index (χ2n) is 5.49. The highest BCUT2D eigenvalue weighted by Crippen LogP contribution is 2.26. The Bertz CT molecular complexity index is 911. The molecule has 1 amide bonds. The molecule has 0 saturated carbocycles. The first-order chi connectivity index (χ1) is 12.0. The Morgan fingerprint density at radius 2 is 2.12 bits per heavy atom. The van der Waals surface area contributed by atoms with Crippen molar-refractivity contribution in [2.75, 3.05) is 5.32 Å². The molecule has 3 aromatic rings. The molecular weight excluding hydrogens is 358 g/mol. The molecule has 2 heterocycles. The predicted molar refractivity (Wildman–Crippen MR) is 99.2 cm³/mol. The molecule has 0 fully saturated rings. The first-order valence-electron chi connectivity index (χ1n) is 7.60. The molecule has 7 heteroatoms. The maximum atomic E-state index is 12.7. The summed E-state index contributed by atoms with van der Waals surface area (Å²) in [5.74, 6) is 1.11. The summed E-state index contributed by atoms with van der Waals surface area (Å²) in [4.78, 5) is 17.0. The number of hydrogen-bond donors (Lipinski definition) is 1. The van der Waals surface area contributed by atoms with Crippen LogP contribution in [0.1, 0.15) is 27.4 Å². The maximum Gasteiger partial charge on any atom is 0.258 e. The van der Waals surface area contributed by atoms with E-state index in [-0.39, 0.29) is 5.91 Å². The van der Waals surface area contributed by atoms with E-state index in [2.05, 4.69) is 15.5 Å². The van der Waals surface area contributed by atoms with Crippen LogP contribution in [0.5, 0.6) is 0 Å². The number of anilines is 1. The Morgan fingerprint density at radius 1 is 1.28 bits per heavy atom. The quantitative estimate of drug-likeness (QED) is 0.645. The summed E-state index contributed by atoms with van der Waals surface area (Å²) >= 11 is 7.45. The van der Waals surface area contributed by atoms with E-state index >= 15 is 0 Å². The lowest BCUT2D eigenvalue weighted by atomic mass is 10.2. The second kappa shape index (κ2) is 7.72. The second-order valence-corrected chi connectivity index (χ2v) is 6.89. The highest BCUT2D eigenvalue weighted by Gasteiger charge is 2.15. The Morgan fingerprint density at radius 3 is 2.88 bits per heavy atom. The molecule has 2 aromatic heterocycles. The van der Waals surface area contributed by atoms with Crippen LogP contribution in [0.4, 0.5) is 5.69 Å². The maximum absolute atomic E-state index is 12.7. The van der Waals surface area contributed by atoms with E-state index < -0.39 is 0 Å². The van der Waals surface area contributed by atoms with Gasteiger partial charge in [-0.15, -0.1) is 0 Å². The molecule has 0 saturated heterocycles. The van der Waals surface area contributed by atoms with E-state index in [1.807, 2.05) is 26.0 Å². The molecule has 0 aliphatic carbocycles. The monoisotopic (exact) mass is 373 g/mol. The molecule has 0 aliphatic rings. The molecule has 5 nitrogen and oxygen atoms in total. The van der Waals surface area contributed by atoms with Crippen molar-refractivity contribution in [1.29, 1.82) is 0 Å². The number of carbonyl (C=O) groups is 1. The highest BCUT2D eigenvalue weighted by atomic mass is 35.5. The first-order valence-corrected chi connectivity index (χ1v) is 8.97. The standard InChI is InChI=1S/C18H16ClN3O2S/c1-11-5-6-13(19)9-16(11)21-17(23)15-4-3-7-20-18(15)25-10-14-8-12(2)24-22-14/h3-9H,10H2,1-2H3,(H,21,23). The lowest BCUT2D eigenvalue weighted by Crippen LogP contribution is -2.14. The molecule has 1 aromatic carbocycles. The Hall–Kier alpha value is -2.31. The summed E-state index contributed by atoms with van der Waals surface area (Å²) in [5.41, 5.74) is 2.94. The van der Waals surface area contributed by atoms with Gasteiger partial charge in [-0.05, 0) is 43.7 Å². The molecule has 0 spiro atoms. The zero-order valence-corrected chi connectivity index (χ0v) is 15.3. The summed E-state index contributed by atoms with van der Waals surface area (Å²) in [6.07, 6.45) is 1.66. The topological polar surface area (TPSA) is 68.0 Å². The summed E-state index contributed by atoms with van der Waals surface area (Å²) in [6.45, 7) is 3.76. The average Bonchev–Trinajstić information content (AvgIpc) is 3.02. The largest absolute Gasteiger partial charge is 0.361 e. The summed E-state index contributed by atoms with van der Waals surface area (Å²) in [6, 6.07) is 10.7. The smallest absolute Gasteiger partial charge is 0.258 e. The fraction of sp³-hybridized carbons (Fsp3) is 0.167. The predicted octanol–water partition coefficient (Wildman–Crippen LogP) is 4.88. The van der Waals surface area contributed by atoms with Crippen molar-refractivity contribution >= 4 is 35.0 Å². The first kappa shape index (κ1) is 17.5. The van der Waals surface area contributed by atoms with Crippen LogP contribution < -0.4 is 5.32 Å². The van der Waals surface area contributed by atoms with Crippen molar-refractivity contribution < 1.29 is 9.32 Å². The van der Waals surface area contributed by atoms with Gasteiger partial charge >= 0.3 is 0 Å². The molecule has 0 bridgehead atoms. The van der Waals surface area contributed by atoms with Crippen molar-refractivity contribution in [2.45, 2.75) is 24.6 Å². The van der Waals surface area contributed by atoms with Crippen LogP contribution in [0, 0.1) is 13.8 Å². The van der Waals surface area contributed by atoms with E-state index in [0.717, 1.165) is 17.0 Å². The third kappa shape index (κ3) is 4.41. The number of aromatic nitrogens is 2. The number of amides is 1. The number of rotatable bonds is 5. The van der Waals surface area contributed by atoms with E-state index in [9.17, 15) is 4.79 Å². The number of benzene rings is 1. The molecule has 0 radical (unpaired) electrons. The molecule has 3 rings (SSSR count). The van der Waals surface area contributed by atoms with Crippen LogP contribution in [-0.2, 0) is 5.75 Å². The van der Waals surface area contributed by atoms with Crippen LogP contribution >= 0.6 is 23.4 Å². The summed E-state index contributed by atoms with van der Waals surface area (Å²) in [5, 5.41) is 8.07. The third-order valence-corrected chi connectivity index (χ3v) is 4.77. The van der Waals surface area contributed by atoms with Gasteiger partial charge in [0, 0.05) is 28.7 Å². The number of nitrogens with zero attached hydrogens (tertiary/aromatic N) is 2. The zero-order valence-electron chi connectivity index (χ0n) is 13.7. The molecule has 0 atom stereocenters. The Kier molecular flexibility index (Phi) is 5.40. The lowest BCUT2D eigenvalue weighted by molar-refractivity contribution is 0.102. The van der Waals surface area contributed by atoms with Gasteiger partial charge in [0.2, 0.25) is 0 Å². The minimum absolute atomic E-state index is 0.225. The number of thioether (sulfide) groups is 1. The fourth-order valence-corrected chi connectivity index (χ4v) is 3.27. The van der Waals surface area contributed by atoms with Crippen LogP contribution in [-0.4, -0.2) is 16.0 Å². The number of hydrogen-bond acceptors (Lipinski definition) is 5. The van der Waals surface area contributed by atoms with Crippen molar-refractivity contribution in [3.63, 3.8) is 0 Å². The van der Waals surface area contributed by atoms with E-state index in [1.54, 1.807) is 30.5 Å². The number of carbonyl (C=O) groups excluding carboxylic acids is 1. The van der Waals surface area contributed by atoms with Gasteiger partial charge in [0.1, 0.15) is 10.8 Å². The van der Waals surface area contributed by atoms with Crippen LogP contribution in [0.25, 0.3) is 0 Å². The average molecular weight is 374 g/mol. The Balaban J connectivity index is 1.77. The van der Waals surface area contributed by atoms with E-state index in [1.165, 1.54) is 11.8 Å². The summed E-state index contributed by atoms with van der Waals surface area (Å²) < 4.78 is 5.06. The van der Waals surface area contributed by atoms with Gasteiger partial charge in [-0.25, -0.2) is 4.98 Å². The normalized spacial score (nSPS) is 10.7. The molecule has 25 heavy (non-hydrogen) atoms. The number of nitrogens with one attached hydrogen (secondary N) is 1. The minimum atomic E-state index is -0.225. The van der Waals surface area contributed by atoms with Gasteiger partial charge < -0.3 is 9.84 Å². The van der Waals surface area contributed by atoms with Gasteiger partial charge in [-0.3, -0.25) is 4.79 Å². The molecule has 0 unspecified atom stereocenters. The molecular formula is C18H16ClN3O2S. The van der Waals surface area contributed by atoms with Crippen LogP contribution in [0.15, 0.2) is 52.1 Å². The third-order valence-electron chi connectivity index (χ3n) is 3.50. The molecule has 0 aliphatic heterocycles. The van der Waals surface area contributed by atoms with Crippen LogP contribution in [0.2, 0.25) is 5.02 Å². The Labute approximate surface area is 154 Å². The van der Waals surface area contributed by atoms with Crippen molar-refractivity contribution in [1.82, 2.24) is 10.1 Å². The van der Waals surface area contributed by atoms with Gasteiger partial charge in [0.15, 0.2) is 0 Å².